The highest BCUT2D eigenvalue weighted by Gasteiger charge is 2.34. The second-order valence-electron chi connectivity index (χ2n) is 9.33. The number of piperazine rings is 1. The molecule has 186 valence electrons. The van der Waals surface area contributed by atoms with Crippen molar-refractivity contribution in [2.24, 2.45) is 5.10 Å². The van der Waals surface area contributed by atoms with E-state index in [-0.39, 0.29) is 11.9 Å². The summed E-state index contributed by atoms with van der Waals surface area (Å²) >= 11 is 6.13. The van der Waals surface area contributed by atoms with Gasteiger partial charge < -0.3 is 4.74 Å². The van der Waals surface area contributed by atoms with Crippen molar-refractivity contribution in [2.45, 2.75) is 19.0 Å². The highest BCUT2D eigenvalue weighted by atomic mass is 35.5. The number of ether oxygens (including phenoxy) is 1. The molecular weight excluding hydrogens is 472 g/mol. The maximum absolute atomic E-state index is 13.5. The Hall–Kier alpha value is -3.19. The topological polar surface area (TPSA) is 48.4 Å². The molecule has 2 heterocycles. The molecule has 0 saturated carbocycles. The van der Waals surface area contributed by atoms with Crippen LogP contribution in [0.3, 0.4) is 0 Å². The summed E-state index contributed by atoms with van der Waals surface area (Å²) in [5, 5.41) is 7.18. The number of methoxy groups -OCH3 is 1. The Morgan fingerprint density at radius 3 is 2.39 bits per heavy atom. The van der Waals surface area contributed by atoms with E-state index in [9.17, 15) is 4.79 Å². The van der Waals surface area contributed by atoms with E-state index >= 15 is 0 Å². The molecule has 0 aliphatic carbocycles. The number of amides is 1. The zero-order chi connectivity index (χ0) is 24.9. The van der Waals surface area contributed by atoms with Crippen LogP contribution >= 0.6 is 11.6 Å². The van der Waals surface area contributed by atoms with Gasteiger partial charge in [0.1, 0.15) is 5.75 Å². The Bertz CT molecular complexity index is 1210. The third-order valence-corrected chi connectivity index (χ3v) is 7.15. The SMILES string of the molecule is COc1cccc(C2=NN(C(=O)CN3CCN(Cc4ccccc4)CC3)[C@@H](c3ccc(Cl)cc3)C2)c1. The van der Waals surface area contributed by atoms with Crippen molar-refractivity contribution in [1.82, 2.24) is 14.8 Å². The monoisotopic (exact) mass is 502 g/mol. The van der Waals surface area contributed by atoms with Crippen LogP contribution in [-0.2, 0) is 11.3 Å². The van der Waals surface area contributed by atoms with E-state index in [0.29, 0.717) is 18.0 Å². The van der Waals surface area contributed by atoms with Crippen molar-refractivity contribution in [3.63, 3.8) is 0 Å². The molecule has 0 bridgehead atoms. The summed E-state index contributed by atoms with van der Waals surface area (Å²) < 4.78 is 5.40. The van der Waals surface area contributed by atoms with Crippen LogP contribution in [0.2, 0.25) is 5.02 Å². The zero-order valence-corrected chi connectivity index (χ0v) is 21.3. The summed E-state index contributed by atoms with van der Waals surface area (Å²) in [5.74, 6) is 0.792. The lowest BCUT2D eigenvalue weighted by atomic mass is 9.98. The summed E-state index contributed by atoms with van der Waals surface area (Å²) in [6.45, 7) is 4.93. The van der Waals surface area contributed by atoms with Crippen molar-refractivity contribution < 1.29 is 9.53 Å². The molecule has 6 nitrogen and oxygen atoms in total. The molecule has 1 saturated heterocycles. The molecule has 2 aliphatic heterocycles. The largest absolute Gasteiger partial charge is 0.497 e. The molecular formula is C29H31ClN4O2. The smallest absolute Gasteiger partial charge is 0.257 e. The Morgan fingerprint density at radius 2 is 1.67 bits per heavy atom. The molecule has 0 radical (unpaired) electrons. The average molecular weight is 503 g/mol. The van der Waals surface area contributed by atoms with Crippen LogP contribution in [-0.4, -0.2) is 66.3 Å². The molecule has 36 heavy (non-hydrogen) atoms. The summed E-state index contributed by atoms with van der Waals surface area (Å²) in [7, 11) is 1.65. The van der Waals surface area contributed by atoms with Crippen LogP contribution in [0, 0.1) is 0 Å². The van der Waals surface area contributed by atoms with Crippen LogP contribution in [0.5, 0.6) is 5.75 Å². The molecule has 1 fully saturated rings. The molecule has 1 atom stereocenters. The number of hydrogen-bond acceptors (Lipinski definition) is 5. The lowest BCUT2D eigenvalue weighted by molar-refractivity contribution is -0.134. The minimum absolute atomic E-state index is 0.0179. The molecule has 5 rings (SSSR count). The van der Waals surface area contributed by atoms with E-state index in [0.717, 1.165) is 55.3 Å². The molecule has 2 aliphatic rings. The van der Waals surface area contributed by atoms with Gasteiger partial charge in [-0.05, 0) is 35.4 Å². The van der Waals surface area contributed by atoms with Crippen LogP contribution in [0.15, 0.2) is 84.0 Å². The van der Waals surface area contributed by atoms with E-state index < -0.39 is 0 Å². The Balaban J connectivity index is 1.28. The van der Waals surface area contributed by atoms with Gasteiger partial charge in [0.25, 0.3) is 5.91 Å². The van der Waals surface area contributed by atoms with Crippen LogP contribution in [0.1, 0.15) is 29.2 Å². The van der Waals surface area contributed by atoms with Gasteiger partial charge in [0.15, 0.2) is 0 Å². The van der Waals surface area contributed by atoms with Crippen LogP contribution < -0.4 is 4.74 Å². The van der Waals surface area contributed by atoms with Gasteiger partial charge in [-0.15, -0.1) is 0 Å². The van der Waals surface area contributed by atoms with Gasteiger partial charge in [-0.2, -0.15) is 5.10 Å². The summed E-state index contributed by atoms with van der Waals surface area (Å²) in [4.78, 5) is 18.2. The Labute approximate surface area is 217 Å². The normalized spacial score (nSPS) is 18.8. The Morgan fingerprint density at radius 1 is 0.944 bits per heavy atom. The van der Waals surface area contributed by atoms with Gasteiger partial charge in [0.05, 0.1) is 25.4 Å². The third-order valence-electron chi connectivity index (χ3n) is 6.90. The third kappa shape index (κ3) is 5.78. The molecule has 7 heteroatoms. The van der Waals surface area contributed by atoms with E-state index in [1.54, 1.807) is 12.1 Å². The fraction of sp³-hybridized carbons (Fsp3) is 0.310. The van der Waals surface area contributed by atoms with Crippen molar-refractivity contribution in [3.05, 3.63) is 101 Å². The average Bonchev–Trinajstić information content (AvgIpc) is 3.37. The lowest BCUT2D eigenvalue weighted by Crippen LogP contribution is -2.49. The molecule has 0 unspecified atom stereocenters. The molecule has 0 N–H and O–H groups in total. The first-order valence-electron chi connectivity index (χ1n) is 12.4. The molecule has 3 aromatic carbocycles. The van der Waals surface area contributed by atoms with Crippen LogP contribution in [0.4, 0.5) is 0 Å². The molecule has 3 aromatic rings. The minimum Gasteiger partial charge on any atom is -0.497 e. The highest BCUT2D eigenvalue weighted by Crippen LogP contribution is 2.34. The first-order chi connectivity index (χ1) is 17.6. The first-order valence-corrected chi connectivity index (χ1v) is 12.7. The minimum atomic E-state index is -0.157. The quantitative estimate of drug-likeness (QED) is 0.463. The number of carbonyl (C=O) groups excluding carboxylic acids is 1. The number of halogens is 1. The van der Waals surface area contributed by atoms with Crippen molar-refractivity contribution >= 4 is 23.2 Å². The molecule has 0 aromatic heterocycles. The zero-order valence-electron chi connectivity index (χ0n) is 20.5. The van der Waals surface area contributed by atoms with Crippen molar-refractivity contribution in [2.75, 3.05) is 39.8 Å². The number of carbonyl (C=O) groups is 1. The summed E-state index contributed by atoms with van der Waals surface area (Å²) in [5.41, 5.74) is 4.21. The lowest BCUT2D eigenvalue weighted by Gasteiger charge is -2.35. The predicted molar refractivity (Wildman–Crippen MR) is 143 cm³/mol. The number of benzene rings is 3. The van der Waals surface area contributed by atoms with Crippen LogP contribution in [0.25, 0.3) is 0 Å². The second kappa shape index (κ2) is 11.2. The number of hydrogen-bond donors (Lipinski definition) is 0. The van der Waals surface area contributed by atoms with E-state index in [1.165, 1.54) is 5.56 Å². The van der Waals surface area contributed by atoms with E-state index in [2.05, 4.69) is 34.1 Å². The van der Waals surface area contributed by atoms with Gasteiger partial charge in [-0.1, -0.05) is 66.2 Å². The maximum atomic E-state index is 13.5. The standard InChI is InChI=1S/C29H31ClN4O2/c1-36-26-9-5-8-24(18-26)27-19-28(23-10-12-25(30)13-11-23)34(31-27)29(35)21-33-16-14-32(15-17-33)20-22-6-3-2-4-7-22/h2-13,18,28H,14-17,19-21H2,1H3/t28-/m1/s1. The van der Waals surface area contributed by atoms with Gasteiger partial charge in [-0.3, -0.25) is 14.6 Å². The predicted octanol–water partition coefficient (Wildman–Crippen LogP) is 4.84. The highest BCUT2D eigenvalue weighted by molar-refractivity contribution is 6.30. The van der Waals surface area contributed by atoms with E-state index in [4.69, 9.17) is 21.4 Å². The van der Waals surface area contributed by atoms with Crippen molar-refractivity contribution in [1.29, 1.82) is 0 Å². The van der Waals surface area contributed by atoms with Gasteiger partial charge >= 0.3 is 0 Å². The number of nitrogens with zero attached hydrogens (tertiary/aromatic N) is 4. The maximum Gasteiger partial charge on any atom is 0.257 e. The Kier molecular flexibility index (Phi) is 7.66. The molecule has 0 spiro atoms. The summed E-state index contributed by atoms with van der Waals surface area (Å²) in [6.07, 6.45) is 0.644. The van der Waals surface area contributed by atoms with Gasteiger partial charge in [-0.25, -0.2) is 5.01 Å². The fourth-order valence-corrected chi connectivity index (χ4v) is 5.00. The second-order valence-corrected chi connectivity index (χ2v) is 9.76. The first kappa shape index (κ1) is 24.5. The van der Waals surface area contributed by atoms with Gasteiger partial charge in [0, 0.05) is 49.7 Å². The number of rotatable bonds is 7. The number of hydrazone groups is 1. The molecule has 1 amide bonds. The van der Waals surface area contributed by atoms with Crippen molar-refractivity contribution in [3.8, 4) is 5.75 Å². The summed E-state index contributed by atoms with van der Waals surface area (Å²) in [6, 6.07) is 25.9. The van der Waals surface area contributed by atoms with E-state index in [1.807, 2.05) is 54.6 Å². The van der Waals surface area contributed by atoms with Gasteiger partial charge in [0.2, 0.25) is 0 Å². The fourth-order valence-electron chi connectivity index (χ4n) is 4.87.